The third-order valence-corrected chi connectivity index (χ3v) is 12.0. The van der Waals surface area contributed by atoms with E-state index in [2.05, 4.69) is 110 Å². The Kier molecular flexibility index (Phi) is 7.26. The van der Waals surface area contributed by atoms with Crippen LogP contribution in [0, 0.1) is 11.6 Å². The van der Waals surface area contributed by atoms with Crippen molar-refractivity contribution in [2.24, 2.45) is 0 Å². The van der Waals surface area contributed by atoms with Gasteiger partial charge in [-0.3, -0.25) is 4.90 Å². The second-order valence-electron chi connectivity index (χ2n) is 15.4. The van der Waals surface area contributed by atoms with Crippen molar-refractivity contribution in [2.45, 2.75) is 19.3 Å². The van der Waals surface area contributed by atoms with Crippen LogP contribution in [0.2, 0.25) is 0 Å². The molecule has 11 rings (SSSR count). The normalized spacial score (nSPS) is 13.1. The van der Waals surface area contributed by atoms with Crippen LogP contribution in [-0.2, 0) is 5.41 Å². The molecule has 0 atom stereocenters. The Labute approximate surface area is 329 Å². The van der Waals surface area contributed by atoms with Gasteiger partial charge in [-0.15, -0.1) is 0 Å². The Morgan fingerprint density at radius 2 is 1.05 bits per heavy atom. The van der Waals surface area contributed by atoms with Gasteiger partial charge in [0.15, 0.2) is 11.6 Å². The molecule has 1 aliphatic carbocycles. The van der Waals surface area contributed by atoms with Crippen LogP contribution in [0.5, 0.6) is 0 Å². The largest absolute Gasteiger partial charge is 0.306 e. The molecule has 1 aromatic heterocycles. The highest BCUT2D eigenvalue weighted by molar-refractivity contribution is 6.28. The van der Waals surface area contributed by atoms with Crippen molar-refractivity contribution in [1.29, 1.82) is 0 Å². The fraction of sp³-hybridized carbons (Fsp3) is 0.0577. The zero-order valence-electron chi connectivity index (χ0n) is 31.3. The molecular weight excluding hydrogens is 705 g/mol. The van der Waals surface area contributed by atoms with Crippen LogP contribution in [0.3, 0.4) is 0 Å². The highest BCUT2D eigenvalue weighted by Crippen LogP contribution is 2.55. The van der Waals surface area contributed by atoms with Crippen LogP contribution >= 0.6 is 0 Å². The van der Waals surface area contributed by atoms with Crippen molar-refractivity contribution in [3.8, 4) is 11.1 Å². The van der Waals surface area contributed by atoms with E-state index in [1.807, 2.05) is 65.6 Å². The predicted molar refractivity (Wildman–Crippen MR) is 232 cm³/mol. The van der Waals surface area contributed by atoms with Gasteiger partial charge >= 0.3 is 0 Å². The van der Waals surface area contributed by atoms with Crippen molar-refractivity contribution in [3.05, 3.63) is 199 Å². The lowest BCUT2D eigenvalue weighted by atomic mass is 9.82. The van der Waals surface area contributed by atoms with E-state index in [1.165, 1.54) is 17.2 Å². The quantitative estimate of drug-likeness (QED) is 0.158. The van der Waals surface area contributed by atoms with Gasteiger partial charge < -0.3 is 4.90 Å². The minimum atomic E-state index is -0.384. The van der Waals surface area contributed by atoms with Crippen LogP contribution in [-0.4, -0.2) is 4.98 Å². The molecule has 0 spiro atoms. The predicted octanol–water partition coefficient (Wildman–Crippen LogP) is 14.7. The molecule has 0 radical (unpaired) electrons. The molecule has 57 heavy (non-hydrogen) atoms. The summed E-state index contributed by atoms with van der Waals surface area (Å²) in [7, 11) is 0. The van der Waals surface area contributed by atoms with E-state index in [9.17, 15) is 0 Å². The average molecular weight is 740 g/mol. The average Bonchev–Trinajstić information content (AvgIpc) is 3.49. The Balaban J connectivity index is 1.19. The lowest BCUT2D eigenvalue weighted by Gasteiger charge is -2.31. The first-order chi connectivity index (χ1) is 27.9. The molecule has 5 heteroatoms. The van der Waals surface area contributed by atoms with Crippen molar-refractivity contribution in [3.63, 3.8) is 0 Å². The highest BCUT2D eigenvalue weighted by atomic mass is 19.1. The summed E-state index contributed by atoms with van der Waals surface area (Å²) < 4.78 is 33.0. The third kappa shape index (κ3) is 4.85. The van der Waals surface area contributed by atoms with Gasteiger partial charge in [-0.1, -0.05) is 141 Å². The van der Waals surface area contributed by atoms with Crippen LogP contribution in [0.4, 0.5) is 43.0 Å². The molecule has 0 fully saturated rings. The SMILES string of the molecule is CC1(C)c2ccccc2-c2c(N(c3ccccc3F)c3ccc4ccc5c(N(c6ccccc6)c6ncc7ccccc7c6F)ccc6ccc3c4c65)cccc21. The molecule has 0 bridgehead atoms. The van der Waals surface area contributed by atoms with E-state index in [4.69, 9.17) is 4.98 Å². The lowest BCUT2D eigenvalue weighted by Crippen LogP contribution is -2.16. The summed E-state index contributed by atoms with van der Waals surface area (Å²) in [6.45, 7) is 4.53. The van der Waals surface area contributed by atoms with Gasteiger partial charge in [0.25, 0.3) is 0 Å². The summed E-state index contributed by atoms with van der Waals surface area (Å²) in [5, 5.41) is 7.40. The number of anilines is 6. The minimum absolute atomic E-state index is 0.225. The summed E-state index contributed by atoms with van der Waals surface area (Å²) in [5.41, 5.74) is 8.35. The summed E-state index contributed by atoms with van der Waals surface area (Å²) in [6.07, 6.45) is 1.74. The first kappa shape index (κ1) is 33.2. The number of fused-ring (bicyclic) bond motifs is 4. The first-order valence-corrected chi connectivity index (χ1v) is 19.3. The molecule has 3 nitrogen and oxygen atoms in total. The second-order valence-corrected chi connectivity index (χ2v) is 15.4. The number of nitrogens with zero attached hydrogens (tertiary/aromatic N) is 3. The number of aromatic nitrogens is 1. The number of rotatable bonds is 6. The molecule has 9 aromatic carbocycles. The van der Waals surface area contributed by atoms with Gasteiger partial charge in [-0.25, -0.2) is 13.8 Å². The van der Waals surface area contributed by atoms with Crippen molar-refractivity contribution in [1.82, 2.24) is 4.98 Å². The van der Waals surface area contributed by atoms with Gasteiger partial charge in [-0.05, 0) is 80.7 Å². The van der Waals surface area contributed by atoms with Crippen molar-refractivity contribution in [2.75, 3.05) is 9.80 Å². The molecule has 0 saturated heterocycles. The molecule has 0 aliphatic heterocycles. The van der Waals surface area contributed by atoms with Gasteiger partial charge in [0.2, 0.25) is 0 Å². The zero-order chi connectivity index (χ0) is 38.4. The Hall–Kier alpha value is -7.11. The number of halogens is 2. The number of para-hydroxylation sites is 2. The van der Waals surface area contributed by atoms with Gasteiger partial charge in [-0.2, -0.15) is 0 Å². The maximum Gasteiger partial charge on any atom is 0.174 e. The fourth-order valence-corrected chi connectivity index (χ4v) is 9.33. The van der Waals surface area contributed by atoms with E-state index in [0.29, 0.717) is 11.1 Å². The van der Waals surface area contributed by atoms with E-state index in [1.54, 1.807) is 18.3 Å². The van der Waals surface area contributed by atoms with Crippen LogP contribution < -0.4 is 9.80 Å². The molecule has 1 aliphatic rings. The van der Waals surface area contributed by atoms with Gasteiger partial charge in [0.05, 0.1) is 22.7 Å². The zero-order valence-corrected chi connectivity index (χ0v) is 31.3. The maximum absolute atomic E-state index is 16.7. The van der Waals surface area contributed by atoms with E-state index in [-0.39, 0.29) is 22.9 Å². The lowest BCUT2D eigenvalue weighted by molar-refractivity contribution is 0.629. The first-order valence-electron chi connectivity index (χ1n) is 19.3. The number of benzene rings is 9. The van der Waals surface area contributed by atoms with Crippen molar-refractivity contribution >= 4 is 77.3 Å². The van der Waals surface area contributed by atoms with E-state index >= 15 is 8.78 Å². The number of hydrogen-bond donors (Lipinski definition) is 0. The molecule has 0 unspecified atom stereocenters. The topological polar surface area (TPSA) is 19.4 Å². The number of pyridine rings is 1. The molecule has 272 valence electrons. The Bertz CT molecular complexity index is 3210. The van der Waals surface area contributed by atoms with Gasteiger partial charge in [0, 0.05) is 44.4 Å². The smallest absolute Gasteiger partial charge is 0.174 e. The second kappa shape index (κ2) is 12.5. The fourth-order valence-electron chi connectivity index (χ4n) is 9.33. The molecule has 1 heterocycles. The minimum Gasteiger partial charge on any atom is -0.306 e. The Morgan fingerprint density at radius 1 is 0.456 bits per heavy atom. The van der Waals surface area contributed by atoms with E-state index in [0.717, 1.165) is 71.6 Å². The maximum atomic E-state index is 16.7. The third-order valence-electron chi connectivity index (χ3n) is 12.0. The summed E-state index contributed by atoms with van der Waals surface area (Å²) in [4.78, 5) is 8.77. The van der Waals surface area contributed by atoms with Gasteiger partial charge in [0.1, 0.15) is 5.82 Å². The van der Waals surface area contributed by atoms with Crippen LogP contribution in [0.15, 0.2) is 176 Å². The molecule has 0 N–H and O–H groups in total. The highest BCUT2D eigenvalue weighted by Gasteiger charge is 2.38. The van der Waals surface area contributed by atoms with Crippen molar-refractivity contribution < 1.29 is 8.78 Å². The van der Waals surface area contributed by atoms with Crippen LogP contribution in [0.25, 0.3) is 54.2 Å². The Morgan fingerprint density at radius 3 is 1.81 bits per heavy atom. The summed E-state index contributed by atoms with van der Waals surface area (Å²) in [5.74, 6) is -0.467. The molecular formula is C52H35F2N3. The summed E-state index contributed by atoms with van der Waals surface area (Å²) >= 11 is 0. The molecule has 10 aromatic rings. The monoisotopic (exact) mass is 739 g/mol. The number of hydrogen-bond acceptors (Lipinski definition) is 3. The van der Waals surface area contributed by atoms with Crippen LogP contribution in [0.1, 0.15) is 25.0 Å². The summed E-state index contributed by atoms with van der Waals surface area (Å²) in [6, 6.07) is 56.3. The molecule has 0 saturated carbocycles. The standard InChI is InChI=1S/C52H35F2N3/c1-52(2)40-18-9-8-17-37(40)49-41(52)19-12-22-46(49)57(45-21-11-10-20-42(45)53)44-30-26-33-23-27-38-43(29-25-32-24-28-39(44)48(33)47(32)38)56(35-14-4-3-5-15-35)51-50(54)36-16-7-6-13-34(36)31-55-51/h3-31H,1-2H3. The van der Waals surface area contributed by atoms with E-state index < -0.39 is 0 Å². The molecule has 0 amide bonds.